The van der Waals surface area contributed by atoms with Crippen molar-refractivity contribution in [1.29, 1.82) is 0 Å². The summed E-state index contributed by atoms with van der Waals surface area (Å²) in [6.07, 6.45) is 4.83. The van der Waals surface area contributed by atoms with Crippen LogP contribution in [0.5, 0.6) is 0 Å². The Bertz CT molecular complexity index is 1250. The van der Waals surface area contributed by atoms with Gasteiger partial charge in [0.1, 0.15) is 11.3 Å². The number of nitrogens with one attached hydrogen (secondary N) is 1. The molecular weight excluding hydrogens is 366 g/mol. The summed E-state index contributed by atoms with van der Waals surface area (Å²) in [6, 6.07) is 6.76. The second-order valence-corrected chi connectivity index (χ2v) is 6.57. The molecule has 0 aliphatic heterocycles. The molecular formula is C20H16F2N4O2. The quantitative estimate of drug-likeness (QED) is 0.591. The van der Waals surface area contributed by atoms with Crippen LogP contribution in [0.4, 0.5) is 8.78 Å². The highest BCUT2D eigenvalue weighted by Crippen LogP contribution is 2.27. The SMILES string of the molecule is C[C@@H](c1c[nH]c(=O)c2cc(F)c(F)cc12)N(C)C(=O)c1cn2ccccc2n1. The minimum absolute atomic E-state index is 0.0248. The van der Waals surface area contributed by atoms with E-state index in [4.69, 9.17) is 0 Å². The van der Waals surface area contributed by atoms with Gasteiger partial charge in [-0.2, -0.15) is 0 Å². The first-order valence-electron chi connectivity index (χ1n) is 8.58. The summed E-state index contributed by atoms with van der Waals surface area (Å²) in [5.74, 6) is -2.49. The number of nitrogens with zero attached hydrogens (tertiary/aromatic N) is 3. The molecule has 1 aromatic carbocycles. The van der Waals surface area contributed by atoms with Crippen molar-refractivity contribution in [2.75, 3.05) is 7.05 Å². The lowest BCUT2D eigenvalue weighted by Crippen LogP contribution is -2.30. The molecule has 4 aromatic rings. The average molecular weight is 382 g/mol. The zero-order chi connectivity index (χ0) is 20.0. The molecule has 0 saturated carbocycles. The molecule has 0 spiro atoms. The number of rotatable bonds is 3. The maximum atomic E-state index is 13.8. The lowest BCUT2D eigenvalue weighted by molar-refractivity contribution is 0.0738. The van der Waals surface area contributed by atoms with Crippen LogP contribution in [0.25, 0.3) is 16.4 Å². The molecule has 1 amide bonds. The molecule has 3 aromatic heterocycles. The van der Waals surface area contributed by atoms with Crippen LogP contribution in [0.2, 0.25) is 0 Å². The Morgan fingerprint density at radius 1 is 1.21 bits per heavy atom. The molecule has 0 unspecified atom stereocenters. The summed E-state index contributed by atoms with van der Waals surface area (Å²) >= 11 is 0. The molecule has 3 heterocycles. The first-order chi connectivity index (χ1) is 13.4. The number of hydrogen-bond donors (Lipinski definition) is 1. The van der Waals surface area contributed by atoms with E-state index in [2.05, 4.69) is 9.97 Å². The number of aromatic amines is 1. The highest BCUT2D eigenvalue weighted by atomic mass is 19.2. The van der Waals surface area contributed by atoms with Crippen LogP contribution >= 0.6 is 0 Å². The zero-order valence-corrected chi connectivity index (χ0v) is 15.1. The molecule has 0 fully saturated rings. The van der Waals surface area contributed by atoms with E-state index in [9.17, 15) is 18.4 Å². The second kappa shape index (κ2) is 6.56. The van der Waals surface area contributed by atoms with Crippen molar-refractivity contribution < 1.29 is 13.6 Å². The molecule has 4 rings (SSSR count). The Morgan fingerprint density at radius 2 is 1.93 bits per heavy atom. The van der Waals surface area contributed by atoms with Gasteiger partial charge >= 0.3 is 0 Å². The van der Waals surface area contributed by atoms with E-state index in [1.54, 1.807) is 36.8 Å². The van der Waals surface area contributed by atoms with Gasteiger partial charge in [-0.1, -0.05) is 6.07 Å². The van der Waals surface area contributed by atoms with Crippen molar-refractivity contribution in [3.63, 3.8) is 0 Å². The maximum absolute atomic E-state index is 13.8. The number of imidazole rings is 1. The third-order valence-corrected chi connectivity index (χ3v) is 4.91. The van der Waals surface area contributed by atoms with Crippen LogP contribution in [0, 0.1) is 11.6 Å². The standard InChI is InChI=1S/C20H16F2N4O2/c1-11(14-9-23-19(27)13-8-16(22)15(21)7-12(13)14)25(2)20(28)17-10-26-6-4-3-5-18(26)24-17/h3-11H,1-2H3,(H,23,27)/t11-/m0/s1. The Kier molecular flexibility index (Phi) is 4.18. The Balaban J connectivity index is 1.75. The van der Waals surface area contributed by atoms with E-state index in [1.165, 1.54) is 11.1 Å². The summed E-state index contributed by atoms with van der Waals surface area (Å²) in [7, 11) is 1.59. The van der Waals surface area contributed by atoms with Crippen molar-refractivity contribution in [3.05, 3.63) is 82.2 Å². The molecule has 8 heteroatoms. The molecule has 6 nitrogen and oxygen atoms in total. The van der Waals surface area contributed by atoms with Crippen LogP contribution in [-0.2, 0) is 0 Å². The minimum atomic E-state index is -1.10. The van der Waals surface area contributed by atoms with Gasteiger partial charge in [-0.25, -0.2) is 13.8 Å². The Morgan fingerprint density at radius 3 is 2.64 bits per heavy atom. The fraction of sp³-hybridized carbons (Fsp3) is 0.150. The number of halogens is 2. The van der Waals surface area contributed by atoms with Gasteiger partial charge in [0.25, 0.3) is 11.5 Å². The first kappa shape index (κ1) is 17.8. The van der Waals surface area contributed by atoms with Crippen LogP contribution < -0.4 is 5.56 Å². The molecule has 28 heavy (non-hydrogen) atoms. The van der Waals surface area contributed by atoms with Gasteiger partial charge in [0.05, 0.1) is 11.4 Å². The average Bonchev–Trinajstić information content (AvgIpc) is 3.12. The van der Waals surface area contributed by atoms with Crippen LogP contribution in [0.1, 0.15) is 29.0 Å². The Hall–Kier alpha value is -3.55. The second-order valence-electron chi connectivity index (χ2n) is 6.57. The first-order valence-corrected chi connectivity index (χ1v) is 8.58. The number of aromatic nitrogens is 3. The van der Waals surface area contributed by atoms with Crippen molar-refractivity contribution in [2.24, 2.45) is 0 Å². The van der Waals surface area contributed by atoms with Crippen LogP contribution in [0.15, 0.2) is 53.7 Å². The number of benzene rings is 1. The van der Waals surface area contributed by atoms with Crippen LogP contribution in [0.3, 0.4) is 0 Å². The predicted octanol–water partition coefficient (Wildman–Crippen LogP) is 3.29. The normalized spacial score (nSPS) is 12.4. The lowest BCUT2D eigenvalue weighted by atomic mass is 10.0. The van der Waals surface area contributed by atoms with Gasteiger partial charge in [-0.05, 0) is 42.1 Å². The number of hydrogen-bond acceptors (Lipinski definition) is 3. The number of amides is 1. The van der Waals surface area contributed by atoms with E-state index in [0.29, 0.717) is 11.2 Å². The van der Waals surface area contributed by atoms with Crippen LogP contribution in [-0.4, -0.2) is 32.2 Å². The third-order valence-electron chi connectivity index (χ3n) is 4.91. The van der Waals surface area contributed by atoms with Gasteiger partial charge < -0.3 is 14.3 Å². The smallest absolute Gasteiger partial charge is 0.274 e. The minimum Gasteiger partial charge on any atom is -0.333 e. The van der Waals surface area contributed by atoms with Gasteiger partial charge in [0.15, 0.2) is 11.6 Å². The van der Waals surface area contributed by atoms with Crippen molar-refractivity contribution in [2.45, 2.75) is 13.0 Å². The van der Waals surface area contributed by atoms with E-state index < -0.39 is 23.2 Å². The topological polar surface area (TPSA) is 70.5 Å². The predicted molar refractivity (Wildman–Crippen MR) is 100 cm³/mol. The van der Waals surface area contributed by atoms with E-state index in [1.807, 2.05) is 12.1 Å². The van der Waals surface area contributed by atoms with Crippen molar-refractivity contribution in [3.8, 4) is 0 Å². The molecule has 1 N–H and O–H groups in total. The molecule has 0 aliphatic rings. The highest BCUT2D eigenvalue weighted by Gasteiger charge is 2.24. The van der Waals surface area contributed by atoms with Crippen molar-refractivity contribution in [1.82, 2.24) is 19.3 Å². The monoisotopic (exact) mass is 382 g/mol. The lowest BCUT2D eigenvalue weighted by Gasteiger charge is -2.25. The van der Waals surface area contributed by atoms with Gasteiger partial charge in [0.2, 0.25) is 0 Å². The molecule has 1 atom stereocenters. The third kappa shape index (κ3) is 2.83. The highest BCUT2D eigenvalue weighted by molar-refractivity contribution is 5.93. The Labute approximate surface area is 158 Å². The zero-order valence-electron chi connectivity index (χ0n) is 15.1. The number of carbonyl (C=O) groups excluding carboxylic acids is 1. The van der Waals surface area contributed by atoms with Crippen molar-refractivity contribution >= 4 is 22.3 Å². The van der Waals surface area contributed by atoms with E-state index >= 15 is 0 Å². The summed E-state index contributed by atoms with van der Waals surface area (Å²) in [5, 5.41) is 0.279. The maximum Gasteiger partial charge on any atom is 0.274 e. The molecule has 142 valence electrons. The molecule has 0 radical (unpaired) electrons. The molecule has 0 saturated heterocycles. The van der Waals surface area contributed by atoms with Gasteiger partial charge in [0, 0.05) is 25.6 Å². The van der Waals surface area contributed by atoms with Gasteiger partial charge in [-0.15, -0.1) is 0 Å². The summed E-state index contributed by atoms with van der Waals surface area (Å²) in [6.45, 7) is 1.74. The fourth-order valence-electron chi connectivity index (χ4n) is 3.22. The van der Waals surface area contributed by atoms with E-state index in [-0.39, 0.29) is 22.4 Å². The fourth-order valence-corrected chi connectivity index (χ4v) is 3.22. The number of fused-ring (bicyclic) bond motifs is 2. The number of H-pyrrole nitrogens is 1. The molecule has 0 bridgehead atoms. The van der Waals surface area contributed by atoms with Gasteiger partial charge in [-0.3, -0.25) is 9.59 Å². The summed E-state index contributed by atoms with van der Waals surface area (Å²) < 4.78 is 29.1. The number of pyridine rings is 2. The summed E-state index contributed by atoms with van der Waals surface area (Å²) in [5.41, 5.74) is 0.859. The molecule has 0 aliphatic carbocycles. The summed E-state index contributed by atoms with van der Waals surface area (Å²) in [4.78, 5) is 33.2. The largest absolute Gasteiger partial charge is 0.333 e. The van der Waals surface area contributed by atoms with E-state index in [0.717, 1.165) is 12.1 Å². The number of carbonyl (C=O) groups is 1.